The number of alkyl carbamates (subject to hydrolysis) is 1. The topological polar surface area (TPSA) is 67.4 Å². The number of alkyl halides is 2. The maximum Gasteiger partial charge on any atom is 0.407 e. The first-order valence-corrected chi connectivity index (χ1v) is 4.09. The van der Waals surface area contributed by atoms with Gasteiger partial charge in [-0.3, -0.25) is 4.79 Å². The molecule has 78 valence electrons. The Labute approximate surface area is 77.8 Å². The molecule has 1 aliphatic carbocycles. The van der Waals surface area contributed by atoms with Crippen LogP contribution in [-0.4, -0.2) is 36.6 Å². The normalized spacial score (nSPS) is 34.2. The van der Waals surface area contributed by atoms with Crippen LogP contribution in [0, 0.1) is 0 Å². The largest absolute Gasteiger partial charge is 0.439 e. The number of carbonyl (C=O) groups excluding carboxylic acids is 2. The minimum atomic E-state index is -3.03. The van der Waals surface area contributed by atoms with Crippen molar-refractivity contribution in [1.82, 2.24) is 10.6 Å². The predicted octanol–water partition coefficient (Wildman–Crippen LogP) is -0.381. The zero-order valence-corrected chi connectivity index (χ0v) is 7.05. The number of rotatable bonds is 2. The second kappa shape index (κ2) is 2.79. The lowest BCUT2D eigenvalue weighted by molar-refractivity contribution is -0.132. The summed E-state index contributed by atoms with van der Waals surface area (Å²) in [5, 5.41) is 4.51. The van der Waals surface area contributed by atoms with Gasteiger partial charge in [0, 0.05) is 6.42 Å². The van der Waals surface area contributed by atoms with E-state index in [0.29, 0.717) is 6.42 Å². The highest BCUT2D eigenvalue weighted by molar-refractivity contribution is 5.80. The van der Waals surface area contributed by atoms with E-state index in [4.69, 9.17) is 4.74 Å². The molecule has 0 aromatic carbocycles. The molecule has 2 atom stereocenters. The van der Waals surface area contributed by atoms with Crippen molar-refractivity contribution in [2.45, 2.75) is 24.5 Å². The highest BCUT2D eigenvalue weighted by Crippen LogP contribution is 2.42. The first-order valence-electron chi connectivity index (χ1n) is 4.09. The highest BCUT2D eigenvalue weighted by atomic mass is 19.3. The summed E-state index contributed by atoms with van der Waals surface area (Å²) in [5.41, 5.74) is -0.776. The van der Waals surface area contributed by atoms with Gasteiger partial charge < -0.3 is 15.4 Å². The molecule has 1 heterocycles. The van der Waals surface area contributed by atoms with Gasteiger partial charge in [0.1, 0.15) is 0 Å². The van der Waals surface area contributed by atoms with Crippen molar-refractivity contribution in [3.63, 3.8) is 0 Å². The molecule has 0 radical (unpaired) electrons. The molecule has 7 heteroatoms. The molecule has 2 fully saturated rings. The molecule has 2 amide bonds. The minimum Gasteiger partial charge on any atom is -0.439 e. The van der Waals surface area contributed by atoms with Crippen molar-refractivity contribution < 1.29 is 23.1 Å². The van der Waals surface area contributed by atoms with Crippen LogP contribution in [0.5, 0.6) is 0 Å². The summed E-state index contributed by atoms with van der Waals surface area (Å²) in [6, 6.07) is -0.483. The van der Waals surface area contributed by atoms with Crippen molar-refractivity contribution >= 4 is 12.0 Å². The molecule has 1 aliphatic heterocycles. The van der Waals surface area contributed by atoms with E-state index in [9.17, 15) is 18.4 Å². The van der Waals surface area contributed by atoms with E-state index < -0.39 is 30.1 Å². The quantitative estimate of drug-likeness (QED) is 0.647. The smallest absolute Gasteiger partial charge is 0.407 e. The summed E-state index contributed by atoms with van der Waals surface area (Å²) < 4.78 is 28.5. The van der Waals surface area contributed by atoms with Gasteiger partial charge in [0.2, 0.25) is 0 Å². The van der Waals surface area contributed by atoms with E-state index in [0.717, 1.165) is 0 Å². The van der Waals surface area contributed by atoms with Gasteiger partial charge in [-0.2, -0.15) is 8.78 Å². The average Bonchev–Trinajstić information content (AvgIpc) is 2.60. The molecular formula is C7H8F2N2O3. The number of nitrogens with one attached hydrogen (secondary N) is 2. The van der Waals surface area contributed by atoms with Crippen LogP contribution in [0.15, 0.2) is 0 Å². The van der Waals surface area contributed by atoms with E-state index in [1.165, 1.54) is 0 Å². The second-order valence-corrected chi connectivity index (χ2v) is 3.37. The summed E-state index contributed by atoms with van der Waals surface area (Å²) in [4.78, 5) is 21.3. The number of amides is 2. The van der Waals surface area contributed by atoms with Gasteiger partial charge >= 0.3 is 12.5 Å². The lowest BCUT2D eigenvalue weighted by Crippen LogP contribution is -2.37. The monoisotopic (exact) mass is 206 g/mol. The fourth-order valence-corrected chi connectivity index (χ4v) is 1.49. The first-order chi connectivity index (χ1) is 6.53. The maximum atomic E-state index is 11.8. The SMILES string of the molecule is O=C1NC[C@@]2(CC2NC(=O)C(F)F)O1. The second-order valence-electron chi connectivity index (χ2n) is 3.37. The van der Waals surface area contributed by atoms with Crippen LogP contribution < -0.4 is 10.6 Å². The molecule has 0 bridgehead atoms. The minimum absolute atomic E-state index is 0.264. The third kappa shape index (κ3) is 1.38. The molecule has 2 rings (SSSR count). The predicted molar refractivity (Wildman–Crippen MR) is 39.8 cm³/mol. The fraction of sp³-hybridized carbons (Fsp3) is 0.714. The summed E-state index contributed by atoms with van der Waals surface area (Å²) in [5.74, 6) is -1.32. The van der Waals surface area contributed by atoms with Crippen LogP contribution in [0.4, 0.5) is 13.6 Å². The summed E-state index contributed by atoms with van der Waals surface area (Å²) in [7, 11) is 0. The van der Waals surface area contributed by atoms with Crippen LogP contribution in [0.1, 0.15) is 6.42 Å². The standard InChI is InChI=1S/C7H8F2N2O3/c8-4(9)5(12)11-3-1-7(3)2-10-6(13)14-7/h3-4H,1-2H2,(H,10,13)(H,11,12)/t3?,7-/m1/s1. The van der Waals surface area contributed by atoms with E-state index >= 15 is 0 Å². The van der Waals surface area contributed by atoms with Gasteiger partial charge in [-0.05, 0) is 0 Å². The Morgan fingerprint density at radius 2 is 2.43 bits per heavy atom. The number of hydrogen-bond acceptors (Lipinski definition) is 3. The molecule has 5 nitrogen and oxygen atoms in total. The Balaban J connectivity index is 1.87. The van der Waals surface area contributed by atoms with Crippen LogP contribution >= 0.6 is 0 Å². The number of carbonyl (C=O) groups is 2. The molecule has 1 unspecified atom stereocenters. The van der Waals surface area contributed by atoms with Crippen molar-refractivity contribution in [1.29, 1.82) is 0 Å². The van der Waals surface area contributed by atoms with Crippen LogP contribution in [0.3, 0.4) is 0 Å². The molecular weight excluding hydrogens is 198 g/mol. The lowest BCUT2D eigenvalue weighted by atomic mass is 10.3. The van der Waals surface area contributed by atoms with E-state index in [1.54, 1.807) is 0 Å². The number of halogens is 2. The van der Waals surface area contributed by atoms with E-state index in [2.05, 4.69) is 10.6 Å². The lowest BCUT2D eigenvalue weighted by Gasteiger charge is -2.07. The Kier molecular flexibility index (Phi) is 1.83. The Bertz CT molecular complexity index is 297. The zero-order valence-electron chi connectivity index (χ0n) is 7.05. The molecule has 1 saturated carbocycles. The third-order valence-electron chi connectivity index (χ3n) is 2.37. The molecule has 2 N–H and O–H groups in total. The van der Waals surface area contributed by atoms with Gasteiger partial charge in [0.15, 0.2) is 5.60 Å². The van der Waals surface area contributed by atoms with Gasteiger partial charge in [0.25, 0.3) is 5.91 Å². The van der Waals surface area contributed by atoms with Crippen molar-refractivity contribution in [3.05, 3.63) is 0 Å². The summed E-state index contributed by atoms with van der Waals surface area (Å²) in [6.45, 7) is 0.264. The highest BCUT2D eigenvalue weighted by Gasteiger charge is 2.62. The molecule has 0 aromatic heterocycles. The third-order valence-corrected chi connectivity index (χ3v) is 2.37. The molecule has 1 saturated heterocycles. The van der Waals surface area contributed by atoms with Crippen LogP contribution in [0.2, 0.25) is 0 Å². The Morgan fingerprint density at radius 1 is 1.71 bits per heavy atom. The Morgan fingerprint density at radius 3 is 2.93 bits per heavy atom. The van der Waals surface area contributed by atoms with Gasteiger partial charge in [-0.1, -0.05) is 0 Å². The van der Waals surface area contributed by atoms with Crippen LogP contribution in [0.25, 0.3) is 0 Å². The number of ether oxygens (including phenoxy) is 1. The Hall–Kier alpha value is -1.40. The van der Waals surface area contributed by atoms with Gasteiger partial charge in [-0.25, -0.2) is 4.79 Å². The molecule has 2 aliphatic rings. The van der Waals surface area contributed by atoms with Crippen LogP contribution in [-0.2, 0) is 9.53 Å². The van der Waals surface area contributed by atoms with E-state index in [1.807, 2.05) is 0 Å². The molecule has 0 aromatic rings. The van der Waals surface area contributed by atoms with E-state index in [-0.39, 0.29) is 6.54 Å². The van der Waals surface area contributed by atoms with Crippen molar-refractivity contribution in [3.8, 4) is 0 Å². The zero-order chi connectivity index (χ0) is 10.3. The first kappa shape index (κ1) is 9.17. The summed E-state index contributed by atoms with van der Waals surface area (Å²) in [6.07, 6.45) is -3.21. The van der Waals surface area contributed by atoms with Gasteiger partial charge in [-0.15, -0.1) is 0 Å². The molecule has 1 spiro atoms. The number of hydrogen-bond donors (Lipinski definition) is 2. The van der Waals surface area contributed by atoms with Crippen molar-refractivity contribution in [2.75, 3.05) is 6.54 Å². The maximum absolute atomic E-state index is 11.8. The van der Waals surface area contributed by atoms with Gasteiger partial charge in [0.05, 0.1) is 12.6 Å². The molecule has 14 heavy (non-hydrogen) atoms. The fourth-order valence-electron chi connectivity index (χ4n) is 1.49. The summed E-state index contributed by atoms with van der Waals surface area (Å²) >= 11 is 0. The van der Waals surface area contributed by atoms with Crippen molar-refractivity contribution in [2.24, 2.45) is 0 Å². The average molecular weight is 206 g/mol.